The van der Waals surface area contributed by atoms with E-state index in [1.54, 1.807) is 18.3 Å². The summed E-state index contributed by atoms with van der Waals surface area (Å²) < 4.78 is 26.1. The van der Waals surface area contributed by atoms with E-state index in [4.69, 9.17) is 0 Å². The SMILES string of the molecule is O=CN(O)C1CCCC1S(=O)(=O)c1ccc(Cc2ccnc3ccccc23)cc1. The van der Waals surface area contributed by atoms with Gasteiger partial charge in [0.2, 0.25) is 6.41 Å². The largest absolute Gasteiger partial charge is 0.286 e. The summed E-state index contributed by atoms with van der Waals surface area (Å²) in [4.78, 5) is 15.5. The smallest absolute Gasteiger partial charge is 0.233 e. The molecule has 1 amide bonds. The van der Waals surface area contributed by atoms with Crippen LogP contribution in [-0.4, -0.2) is 41.4 Å². The van der Waals surface area contributed by atoms with E-state index in [1.807, 2.05) is 42.5 Å². The first-order chi connectivity index (χ1) is 14.0. The third kappa shape index (κ3) is 3.75. The van der Waals surface area contributed by atoms with Crippen LogP contribution in [0.2, 0.25) is 0 Å². The van der Waals surface area contributed by atoms with Gasteiger partial charge in [0.1, 0.15) is 0 Å². The number of hydrogen-bond donors (Lipinski definition) is 1. The Hall–Kier alpha value is -2.77. The van der Waals surface area contributed by atoms with Crippen molar-refractivity contribution >= 4 is 27.2 Å². The van der Waals surface area contributed by atoms with Gasteiger partial charge in [0.15, 0.2) is 9.84 Å². The maximum atomic E-state index is 13.0. The Morgan fingerprint density at radius 2 is 1.83 bits per heavy atom. The van der Waals surface area contributed by atoms with Crippen molar-refractivity contribution in [2.45, 2.75) is 41.9 Å². The van der Waals surface area contributed by atoms with E-state index < -0.39 is 21.1 Å². The number of hydroxylamine groups is 2. The predicted molar refractivity (Wildman–Crippen MR) is 109 cm³/mol. The molecule has 1 saturated carbocycles. The summed E-state index contributed by atoms with van der Waals surface area (Å²) in [6.45, 7) is 0. The number of benzene rings is 2. The van der Waals surface area contributed by atoms with Gasteiger partial charge >= 0.3 is 0 Å². The van der Waals surface area contributed by atoms with Crippen molar-refractivity contribution in [3.63, 3.8) is 0 Å². The Balaban J connectivity index is 1.58. The molecular weight excluding hydrogens is 388 g/mol. The van der Waals surface area contributed by atoms with E-state index in [1.165, 1.54) is 0 Å². The molecule has 0 spiro atoms. The minimum atomic E-state index is -3.64. The van der Waals surface area contributed by atoms with Crippen LogP contribution in [0.15, 0.2) is 65.7 Å². The van der Waals surface area contributed by atoms with Crippen LogP contribution in [0.5, 0.6) is 0 Å². The van der Waals surface area contributed by atoms with E-state index in [0.29, 0.717) is 30.7 Å². The number of amides is 1. The third-order valence-electron chi connectivity index (χ3n) is 5.65. The summed E-state index contributed by atoms with van der Waals surface area (Å²) >= 11 is 0. The van der Waals surface area contributed by atoms with E-state index in [0.717, 1.165) is 22.0 Å². The highest BCUT2D eigenvalue weighted by molar-refractivity contribution is 7.92. The Kier molecular flexibility index (Phi) is 5.34. The molecule has 2 unspecified atom stereocenters. The van der Waals surface area contributed by atoms with E-state index in [9.17, 15) is 18.4 Å². The molecule has 1 N–H and O–H groups in total. The van der Waals surface area contributed by atoms with Crippen molar-refractivity contribution in [2.75, 3.05) is 0 Å². The van der Waals surface area contributed by atoms with Gasteiger partial charge in [-0.1, -0.05) is 30.3 Å². The molecule has 0 saturated heterocycles. The quantitative estimate of drug-likeness (QED) is 0.382. The summed E-state index contributed by atoms with van der Waals surface area (Å²) in [5.41, 5.74) is 3.06. The number of carbonyl (C=O) groups is 1. The number of rotatable bonds is 6. The zero-order valence-electron chi connectivity index (χ0n) is 15.8. The molecule has 150 valence electrons. The summed E-state index contributed by atoms with van der Waals surface area (Å²) in [6.07, 6.45) is 4.30. The van der Waals surface area contributed by atoms with Gasteiger partial charge in [0.25, 0.3) is 0 Å². The highest BCUT2D eigenvalue weighted by atomic mass is 32.2. The first-order valence-corrected chi connectivity index (χ1v) is 11.1. The average molecular weight is 410 g/mol. The number of para-hydroxylation sites is 1. The fourth-order valence-electron chi connectivity index (χ4n) is 4.15. The second-order valence-electron chi connectivity index (χ2n) is 7.38. The molecule has 1 fully saturated rings. The highest BCUT2D eigenvalue weighted by Gasteiger charge is 2.41. The fraction of sp³-hybridized carbons (Fsp3) is 0.273. The summed E-state index contributed by atoms with van der Waals surface area (Å²) in [7, 11) is -3.64. The molecule has 2 atom stereocenters. The van der Waals surface area contributed by atoms with Crippen molar-refractivity contribution in [3.8, 4) is 0 Å². The Morgan fingerprint density at radius 3 is 2.59 bits per heavy atom. The Bertz CT molecular complexity index is 1120. The third-order valence-corrected chi connectivity index (χ3v) is 7.93. The Morgan fingerprint density at radius 1 is 1.07 bits per heavy atom. The van der Waals surface area contributed by atoms with Crippen LogP contribution in [-0.2, 0) is 21.1 Å². The summed E-state index contributed by atoms with van der Waals surface area (Å²) in [6, 6.07) is 16.1. The fourth-order valence-corrected chi connectivity index (χ4v) is 6.17. The Labute approximate surface area is 169 Å². The van der Waals surface area contributed by atoms with E-state index in [2.05, 4.69) is 4.98 Å². The van der Waals surface area contributed by atoms with Crippen molar-refractivity contribution in [3.05, 3.63) is 71.9 Å². The van der Waals surface area contributed by atoms with Gasteiger partial charge < -0.3 is 0 Å². The minimum Gasteiger partial charge on any atom is -0.286 e. The van der Waals surface area contributed by atoms with Crippen LogP contribution in [0, 0.1) is 0 Å². The zero-order valence-corrected chi connectivity index (χ0v) is 16.6. The van der Waals surface area contributed by atoms with Gasteiger partial charge in [-0.25, -0.2) is 13.5 Å². The lowest BCUT2D eigenvalue weighted by molar-refractivity contribution is -0.159. The molecule has 29 heavy (non-hydrogen) atoms. The number of nitrogens with zero attached hydrogens (tertiary/aromatic N) is 2. The maximum Gasteiger partial charge on any atom is 0.233 e. The molecule has 3 aromatic rings. The first-order valence-electron chi connectivity index (χ1n) is 9.58. The van der Waals surface area contributed by atoms with Crippen LogP contribution in [0.3, 0.4) is 0 Å². The molecule has 1 aliphatic carbocycles. The lowest BCUT2D eigenvalue weighted by Gasteiger charge is -2.24. The van der Waals surface area contributed by atoms with E-state index in [-0.39, 0.29) is 11.3 Å². The van der Waals surface area contributed by atoms with Crippen LogP contribution in [0.1, 0.15) is 30.4 Å². The number of sulfone groups is 1. The van der Waals surface area contributed by atoms with Gasteiger partial charge in [-0.05, 0) is 61.1 Å². The van der Waals surface area contributed by atoms with Crippen LogP contribution in [0.4, 0.5) is 0 Å². The molecule has 1 heterocycles. The maximum absolute atomic E-state index is 13.0. The molecule has 6 nitrogen and oxygen atoms in total. The standard InChI is InChI=1S/C22H22N2O4S/c25-15-24(26)21-6-3-7-22(21)29(27,28)18-10-8-16(9-11-18)14-17-12-13-23-20-5-2-1-4-19(17)20/h1-2,4-5,8-13,15,21-22,26H,3,6-7,14H2. The molecule has 1 aliphatic rings. The first kappa shape index (κ1) is 19.5. The monoisotopic (exact) mass is 410 g/mol. The lowest BCUT2D eigenvalue weighted by Crippen LogP contribution is -2.41. The van der Waals surface area contributed by atoms with Gasteiger partial charge in [0.05, 0.1) is 21.7 Å². The minimum absolute atomic E-state index is 0.219. The van der Waals surface area contributed by atoms with Crippen molar-refractivity contribution in [1.29, 1.82) is 0 Å². The molecule has 2 aromatic carbocycles. The van der Waals surface area contributed by atoms with Gasteiger partial charge in [0, 0.05) is 11.6 Å². The van der Waals surface area contributed by atoms with Crippen molar-refractivity contribution in [1.82, 2.24) is 10.0 Å². The highest BCUT2D eigenvalue weighted by Crippen LogP contribution is 2.32. The summed E-state index contributed by atoms with van der Waals surface area (Å²) in [5, 5.41) is 10.5. The van der Waals surface area contributed by atoms with Gasteiger partial charge in [-0.3, -0.25) is 15.0 Å². The molecule has 0 aliphatic heterocycles. The molecule has 7 heteroatoms. The van der Waals surface area contributed by atoms with Crippen LogP contribution in [0.25, 0.3) is 10.9 Å². The molecule has 1 aromatic heterocycles. The number of fused-ring (bicyclic) bond motifs is 1. The van der Waals surface area contributed by atoms with Crippen molar-refractivity contribution < 1.29 is 18.4 Å². The van der Waals surface area contributed by atoms with Gasteiger partial charge in [-0.2, -0.15) is 0 Å². The second-order valence-corrected chi connectivity index (χ2v) is 9.54. The number of hydrogen-bond acceptors (Lipinski definition) is 5. The predicted octanol–water partition coefficient (Wildman–Crippen LogP) is 3.37. The lowest BCUT2D eigenvalue weighted by atomic mass is 10.0. The average Bonchev–Trinajstić information content (AvgIpc) is 3.25. The normalized spacial score (nSPS) is 19.3. The van der Waals surface area contributed by atoms with Crippen molar-refractivity contribution in [2.24, 2.45) is 0 Å². The topological polar surface area (TPSA) is 87.6 Å². The number of aromatic nitrogens is 1. The molecular formula is C22H22N2O4S. The van der Waals surface area contributed by atoms with Crippen LogP contribution < -0.4 is 0 Å². The van der Waals surface area contributed by atoms with E-state index >= 15 is 0 Å². The number of carbonyl (C=O) groups excluding carboxylic acids is 1. The van der Waals surface area contributed by atoms with Gasteiger partial charge in [-0.15, -0.1) is 0 Å². The number of pyridine rings is 1. The molecule has 4 rings (SSSR count). The molecule has 0 bridgehead atoms. The summed E-state index contributed by atoms with van der Waals surface area (Å²) in [5.74, 6) is 0. The second kappa shape index (κ2) is 7.93. The van der Waals surface area contributed by atoms with Crippen LogP contribution >= 0.6 is 0 Å². The molecule has 0 radical (unpaired) electrons. The zero-order chi connectivity index (χ0) is 20.4.